The summed E-state index contributed by atoms with van der Waals surface area (Å²) in [5.74, 6) is -0.854. The maximum Gasteiger partial charge on any atom is 0.419 e. The summed E-state index contributed by atoms with van der Waals surface area (Å²) in [6, 6.07) is 8.52. The molecule has 2 aromatic rings. The number of allylic oxidation sites excluding steroid dienone is 2. The van der Waals surface area contributed by atoms with E-state index in [0.29, 0.717) is 71.0 Å². The molecule has 12 heteroatoms. The Morgan fingerprint density at radius 3 is 2.57 bits per heavy atom. The number of nitrogens with zero attached hydrogens (tertiary/aromatic N) is 3. The van der Waals surface area contributed by atoms with E-state index in [-0.39, 0.29) is 36.2 Å². The van der Waals surface area contributed by atoms with Crippen LogP contribution < -0.4 is 10.6 Å². The molecule has 0 saturated carbocycles. The van der Waals surface area contributed by atoms with Crippen LogP contribution in [-0.4, -0.2) is 70.8 Å². The van der Waals surface area contributed by atoms with Gasteiger partial charge in [-0.2, -0.15) is 18.3 Å². The zero-order valence-electron chi connectivity index (χ0n) is 23.3. The van der Waals surface area contributed by atoms with Gasteiger partial charge < -0.3 is 20.3 Å². The van der Waals surface area contributed by atoms with E-state index in [2.05, 4.69) is 15.7 Å². The molecular weight excluding hydrogens is 551 g/mol. The third-order valence-electron chi connectivity index (χ3n) is 8.62. The number of aromatic nitrogens is 2. The molecule has 3 aliphatic heterocycles. The van der Waals surface area contributed by atoms with Crippen LogP contribution in [0.5, 0.6) is 0 Å². The first kappa shape index (κ1) is 29.8. The molecule has 3 aliphatic rings. The Labute approximate surface area is 242 Å². The van der Waals surface area contributed by atoms with E-state index in [9.17, 15) is 27.6 Å². The standard InChI is InChI=1S/C30H36F3N5O4/c31-30(32,33)23-17-34-38(19-23)20-26(39)37-13-9-24-22(18-37)8-4-5-10-29(11-14-42-15-12-29)28(41)36-25(27(40)35-24)16-21-6-2-1-3-7-21/h1-7,17,19,22,24-25H,8-16,18,20H2,(H,35,40)(H,36,41)/b5-4+/t22-,24+,25-/m1/s1. The van der Waals surface area contributed by atoms with Crippen molar-refractivity contribution in [3.05, 3.63) is 66.0 Å². The lowest BCUT2D eigenvalue weighted by Crippen LogP contribution is -2.58. The predicted octanol–water partition coefficient (Wildman–Crippen LogP) is 3.11. The summed E-state index contributed by atoms with van der Waals surface area (Å²) in [5, 5.41) is 9.92. The number of fused-ring (bicyclic) bond motifs is 1. The summed E-state index contributed by atoms with van der Waals surface area (Å²) in [4.78, 5) is 42.0. The van der Waals surface area contributed by atoms with Gasteiger partial charge in [0.05, 0.1) is 17.2 Å². The number of halogens is 3. The van der Waals surface area contributed by atoms with Crippen molar-refractivity contribution < 1.29 is 32.3 Å². The second-order valence-corrected chi connectivity index (χ2v) is 11.4. The first-order chi connectivity index (χ1) is 20.1. The van der Waals surface area contributed by atoms with Crippen LogP contribution in [0.3, 0.4) is 0 Å². The van der Waals surface area contributed by atoms with Crippen molar-refractivity contribution in [1.82, 2.24) is 25.3 Å². The van der Waals surface area contributed by atoms with Gasteiger partial charge in [0.25, 0.3) is 0 Å². The average Bonchev–Trinajstić information content (AvgIpc) is 3.45. The number of amides is 3. The third kappa shape index (κ3) is 7.03. The van der Waals surface area contributed by atoms with Gasteiger partial charge in [-0.1, -0.05) is 42.5 Å². The van der Waals surface area contributed by atoms with E-state index in [1.807, 2.05) is 42.5 Å². The van der Waals surface area contributed by atoms with Crippen molar-refractivity contribution in [1.29, 1.82) is 0 Å². The number of piperidine rings is 1. The Bertz CT molecular complexity index is 1290. The molecule has 226 valence electrons. The first-order valence-corrected chi connectivity index (χ1v) is 14.4. The zero-order chi connectivity index (χ0) is 29.7. The quantitative estimate of drug-likeness (QED) is 0.535. The minimum Gasteiger partial charge on any atom is -0.381 e. The molecule has 1 aromatic heterocycles. The summed E-state index contributed by atoms with van der Waals surface area (Å²) >= 11 is 0. The maximum absolute atomic E-state index is 13.7. The fourth-order valence-corrected chi connectivity index (χ4v) is 6.04. The molecule has 2 fully saturated rings. The molecule has 1 spiro atoms. The number of carbonyl (C=O) groups is 3. The summed E-state index contributed by atoms with van der Waals surface area (Å²) < 4.78 is 45.5. The Kier molecular flexibility index (Phi) is 9.00. The van der Waals surface area contributed by atoms with Gasteiger partial charge >= 0.3 is 6.18 Å². The van der Waals surface area contributed by atoms with E-state index in [0.717, 1.165) is 16.4 Å². The van der Waals surface area contributed by atoms with Gasteiger partial charge in [-0.3, -0.25) is 19.1 Å². The monoisotopic (exact) mass is 587 g/mol. The lowest BCUT2D eigenvalue weighted by atomic mass is 9.75. The average molecular weight is 588 g/mol. The molecule has 42 heavy (non-hydrogen) atoms. The molecule has 2 N–H and O–H groups in total. The normalized spacial score (nSPS) is 25.9. The van der Waals surface area contributed by atoms with Crippen LogP contribution in [0.25, 0.3) is 0 Å². The lowest BCUT2D eigenvalue weighted by Gasteiger charge is -2.40. The molecule has 0 bridgehead atoms. The Morgan fingerprint density at radius 2 is 1.86 bits per heavy atom. The highest BCUT2D eigenvalue weighted by molar-refractivity contribution is 5.90. The second-order valence-electron chi connectivity index (χ2n) is 11.4. The molecule has 4 heterocycles. The molecule has 1 aromatic carbocycles. The largest absolute Gasteiger partial charge is 0.419 e. The molecule has 3 atom stereocenters. The highest BCUT2D eigenvalue weighted by Crippen LogP contribution is 2.36. The van der Waals surface area contributed by atoms with Crippen molar-refractivity contribution in [2.45, 2.75) is 63.3 Å². The van der Waals surface area contributed by atoms with E-state index in [1.54, 1.807) is 4.90 Å². The summed E-state index contributed by atoms with van der Waals surface area (Å²) in [7, 11) is 0. The topological polar surface area (TPSA) is 106 Å². The van der Waals surface area contributed by atoms with E-state index < -0.39 is 23.2 Å². The number of benzene rings is 1. The maximum atomic E-state index is 13.7. The molecule has 0 aliphatic carbocycles. The number of hydrogen-bond donors (Lipinski definition) is 2. The summed E-state index contributed by atoms with van der Waals surface area (Å²) in [5.41, 5.74) is -0.647. The van der Waals surface area contributed by atoms with Gasteiger partial charge in [0.1, 0.15) is 12.6 Å². The van der Waals surface area contributed by atoms with E-state index in [4.69, 9.17) is 4.74 Å². The molecule has 9 nitrogen and oxygen atoms in total. The number of hydrogen-bond acceptors (Lipinski definition) is 5. The van der Waals surface area contributed by atoms with Crippen LogP contribution in [0.2, 0.25) is 0 Å². The van der Waals surface area contributed by atoms with Gasteiger partial charge in [0.2, 0.25) is 17.7 Å². The fraction of sp³-hybridized carbons (Fsp3) is 0.533. The SMILES string of the molecule is O=C1N[C@H]2CCN(C(=O)Cn3cc(C(F)(F)F)cn3)C[C@H]2C/C=C/CC2(CCOCC2)C(=O)N[C@@H]1Cc1ccccc1. The van der Waals surface area contributed by atoms with Crippen molar-refractivity contribution in [3.8, 4) is 0 Å². The van der Waals surface area contributed by atoms with Crippen molar-refractivity contribution in [3.63, 3.8) is 0 Å². The second kappa shape index (κ2) is 12.7. The number of rotatable bonds is 4. The Morgan fingerprint density at radius 1 is 1.10 bits per heavy atom. The summed E-state index contributed by atoms with van der Waals surface area (Å²) in [6.07, 6.45) is 4.06. The fourth-order valence-electron chi connectivity index (χ4n) is 6.04. The van der Waals surface area contributed by atoms with Crippen LogP contribution in [0.15, 0.2) is 54.9 Å². The number of likely N-dealkylation sites (tertiary alicyclic amines) is 1. The predicted molar refractivity (Wildman–Crippen MR) is 147 cm³/mol. The molecule has 3 amide bonds. The lowest BCUT2D eigenvalue weighted by molar-refractivity contribution is -0.140. The minimum atomic E-state index is -4.53. The van der Waals surface area contributed by atoms with Crippen LogP contribution in [0, 0.1) is 11.3 Å². The van der Waals surface area contributed by atoms with Crippen LogP contribution >= 0.6 is 0 Å². The zero-order valence-corrected chi connectivity index (χ0v) is 23.3. The number of ether oxygens (including phenoxy) is 1. The minimum absolute atomic E-state index is 0.107. The van der Waals surface area contributed by atoms with Crippen LogP contribution in [-0.2, 0) is 38.3 Å². The third-order valence-corrected chi connectivity index (χ3v) is 8.62. The van der Waals surface area contributed by atoms with Gasteiger partial charge in [0, 0.05) is 50.9 Å². The van der Waals surface area contributed by atoms with E-state index in [1.165, 1.54) is 0 Å². The van der Waals surface area contributed by atoms with Gasteiger partial charge in [-0.25, -0.2) is 0 Å². The Balaban J connectivity index is 1.33. The number of carbonyl (C=O) groups excluding carboxylic acids is 3. The van der Waals surface area contributed by atoms with Crippen LogP contribution in [0.1, 0.15) is 43.2 Å². The van der Waals surface area contributed by atoms with Crippen molar-refractivity contribution >= 4 is 17.7 Å². The number of nitrogens with one attached hydrogen (secondary N) is 2. The molecule has 0 unspecified atom stereocenters. The van der Waals surface area contributed by atoms with Crippen molar-refractivity contribution in [2.75, 3.05) is 26.3 Å². The molecule has 2 saturated heterocycles. The highest BCUT2D eigenvalue weighted by Gasteiger charge is 2.42. The van der Waals surface area contributed by atoms with Gasteiger partial charge in [-0.05, 0) is 37.7 Å². The highest BCUT2D eigenvalue weighted by atomic mass is 19.4. The molecule has 5 rings (SSSR count). The van der Waals surface area contributed by atoms with Crippen LogP contribution in [0.4, 0.5) is 13.2 Å². The van der Waals surface area contributed by atoms with Gasteiger partial charge in [-0.15, -0.1) is 0 Å². The molecular formula is C30H36F3N5O4. The smallest absolute Gasteiger partial charge is 0.381 e. The Hall–Kier alpha value is -3.67. The van der Waals surface area contributed by atoms with Gasteiger partial charge in [0.15, 0.2) is 0 Å². The first-order valence-electron chi connectivity index (χ1n) is 14.4. The van der Waals surface area contributed by atoms with E-state index >= 15 is 0 Å². The van der Waals surface area contributed by atoms with Crippen molar-refractivity contribution in [2.24, 2.45) is 11.3 Å². The number of alkyl halides is 3. The molecule has 0 radical (unpaired) electrons. The summed E-state index contributed by atoms with van der Waals surface area (Å²) in [6.45, 7) is 1.33.